The first-order chi connectivity index (χ1) is 9.33. The van der Waals surface area contributed by atoms with Crippen LogP contribution in [0.2, 0.25) is 0 Å². The van der Waals surface area contributed by atoms with Gasteiger partial charge in [0.2, 0.25) is 0 Å². The predicted molar refractivity (Wildman–Crippen MR) is 71.2 cm³/mol. The summed E-state index contributed by atoms with van der Waals surface area (Å²) in [4.78, 5) is 0. The van der Waals surface area contributed by atoms with Crippen molar-refractivity contribution in [2.45, 2.75) is 74.8 Å². The van der Waals surface area contributed by atoms with Crippen molar-refractivity contribution >= 4 is 0 Å². The third-order valence-corrected chi connectivity index (χ3v) is 5.45. The Morgan fingerprint density at radius 2 is 1.89 bits per heavy atom. The van der Waals surface area contributed by atoms with Crippen LogP contribution in [0.1, 0.15) is 44.9 Å². The Balaban J connectivity index is 1.36. The normalized spacial score (nSPS) is 44.8. The second kappa shape index (κ2) is 4.99. The second-order valence-electron chi connectivity index (χ2n) is 6.72. The van der Waals surface area contributed by atoms with E-state index in [1.54, 1.807) is 0 Å². The zero-order chi connectivity index (χ0) is 12.7. The highest BCUT2D eigenvalue weighted by Crippen LogP contribution is 2.37. The van der Waals surface area contributed by atoms with Crippen LogP contribution in [0.15, 0.2) is 0 Å². The van der Waals surface area contributed by atoms with E-state index in [4.69, 9.17) is 14.2 Å². The van der Waals surface area contributed by atoms with Crippen molar-refractivity contribution in [2.24, 2.45) is 0 Å². The van der Waals surface area contributed by atoms with Gasteiger partial charge in [-0.2, -0.15) is 0 Å². The maximum absolute atomic E-state index is 6.11. The van der Waals surface area contributed by atoms with Crippen molar-refractivity contribution in [1.29, 1.82) is 0 Å². The summed E-state index contributed by atoms with van der Waals surface area (Å²) < 4.78 is 17.5. The van der Waals surface area contributed by atoms with Crippen LogP contribution in [-0.4, -0.2) is 49.7 Å². The molecule has 4 nitrogen and oxygen atoms in total. The summed E-state index contributed by atoms with van der Waals surface area (Å²) in [5.74, 6) is 0. The highest BCUT2D eigenvalue weighted by molar-refractivity contribution is 4.98. The first kappa shape index (κ1) is 12.6. The van der Waals surface area contributed by atoms with Gasteiger partial charge in [-0.1, -0.05) is 0 Å². The molecule has 4 rings (SSSR count). The number of fused-ring (bicyclic) bond motifs is 2. The number of ether oxygens (including phenoxy) is 3. The van der Waals surface area contributed by atoms with Crippen LogP contribution in [0, 0.1) is 0 Å². The fraction of sp³-hybridized carbons (Fsp3) is 1.00. The Morgan fingerprint density at radius 1 is 1.00 bits per heavy atom. The Hall–Kier alpha value is -0.160. The van der Waals surface area contributed by atoms with E-state index in [0.717, 1.165) is 45.5 Å². The monoisotopic (exact) mass is 267 g/mol. The van der Waals surface area contributed by atoms with Crippen LogP contribution in [0.5, 0.6) is 0 Å². The minimum absolute atomic E-state index is 0.104. The first-order valence-corrected chi connectivity index (χ1v) is 7.96. The molecule has 2 bridgehead atoms. The quantitative estimate of drug-likeness (QED) is 0.825. The average molecular weight is 267 g/mol. The number of rotatable bonds is 2. The van der Waals surface area contributed by atoms with Crippen LogP contribution in [0.3, 0.4) is 0 Å². The molecule has 0 aromatic heterocycles. The van der Waals surface area contributed by atoms with Gasteiger partial charge in [0.1, 0.15) is 0 Å². The SMILES string of the molecule is C1CC2(CCO1)CC(NC1CC3CCC1O3)CCO2. The van der Waals surface area contributed by atoms with E-state index in [0.29, 0.717) is 24.3 Å². The Bertz CT molecular complexity index is 324. The molecule has 0 aromatic carbocycles. The fourth-order valence-corrected chi connectivity index (χ4v) is 4.38. The van der Waals surface area contributed by atoms with Crippen LogP contribution in [0.4, 0.5) is 0 Å². The van der Waals surface area contributed by atoms with Gasteiger partial charge in [0.25, 0.3) is 0 Å². The van der Waals surface area contributed by atoms with Gasteiger partial charge in [-0.25, -0.2) is 0 Å². The molecule has 4 aliphatic heterocycles. The number of nitrogens with one attached hydrogen (secondary N) is 1. The minimum Gasteiger partial charge on any atom is -0.381 e. The second-order valence-corrected chi connectivity index (χ2v) is 6.72. The van der Waals surface area contributed by atoms with E-state index in [2.05, 4.69) is 5.32 Å². The number of hydrogen-bond donors (Lipinski definition) is 1. The van der Waals surface area contributed by atoms with Crippen molar-refractivity contribution in [3.63, 3.8) is 0 Å². The fourth-order valence-electron chi connectivity index (χ4n) is 4.38. The maximum Gasteiger partial charge on any atom is 0.0741 e. The van der Waals surface area contributed by atoms with E-state index in [1.165, 1.54) is 19.3 Å². The molecular weight excluding hydrogens is 242 g/mol. The summed E-state index contributed by atoms with van der Waals surface area (Å²) in [5.41, 5.74) is 0.104. The lowest BCUT2D eigenvalue weighted by Gasteiger charge is -2.44. The molecule has 0 aromatic rings. The molecule has 0 aliphatic carbocycles. The number of hydrogen-bond acceptors (Lipinski definition) is 4. The highest BCUT2D eigenvalue weighted by Gasteiger charge is 2.44. The molecule has 1 spiro atoms. The van der Waals surface area contributed by atoms with Crippen LogP contribution >= 0.6 is 0 Å². The van der Waals surface area contributed by atoms with Crippen LogP contribution in [-0.2, 0) is 14.2 Å². The molecule has 4 saturated heterocycles. The Labute approximate surface area is 115 Å². The van der Waals surface area contributed by atoms with Crippen molar-refractivity contribution < 1.29 is 14.2 Å². The van der Waals surface area contributed by atoms with E-state index in [-0.39, 0.29) is 5.60 Å². The zero-order valence-electron chi connectivity index (χ0n) is 11.6. The van der Waals surface area contributed by atoms with Gasteiger partial charge in [-0.15, -0.1) is 0 Å². The molecule has 4 heterocycles. The Morgan fingerprint density at radius 3 is 2.63 bits per heavy atom. The highest BCUT2D eigenvalue weighted by atomic mass is 16.5. The molecule has 4 aliphatic rings. The third kappa shape index (κ3) is 2.44. The van der Waals surface area contributed by atoms with Crippen molar-refractivity contribution in [3.05, 3.63) is 0 Å². The topological polar surface area (TPSA) is 39.7 Å². The molecule has 4 fully saturated rings. The summed E-state index contributed by atoms with van der Waals surface area (Å²) in [5, 5.41) is 3.87. The lowest BCUT2D eigenvalue weighted by Crippen LogP contribution is -2.53. The van der Waals surface area contributed by atoms with Gasteiger partial charge >= 0.3 is 0 Å². The van der Waals surface area contributed by atoms with Crippen molar-refractivity contribution in [3.8, 4) is 0 Å². The van der Waals surface area contributed by atoms with Crippen LogP contribution < -0.4 is 5.32 Å². The molecule has 4 heteroatoms. The standard InChI is InChI=1S/C15H25NO3/c1-2-14-13(9-12(1)19-14)16-11-3-6-18-15(10-11)4-7-17-8-5-15/h11-14,16H,1-10H2. The molecule has 108 valence electrons. The van der Waals surface area contributed by atoms with E-state index in [9.17, 15) is 0 Å². The van der Waals surface area contributed by atoms with Crippen molar-refractivity contribution in [1.82, 2.24) is 5.32 Å². The van der Waals surface area contributed by atoms with Gasteiger partial charge in [0.05, 0.1) is 17.8 Å². The summed E-state index contributed by atoms with van der Waals surface area (Å²) >= 11 is 0. The summed E-state index contributed by atoms with van der Waals surface area (Å²) in [6.07, 6.45) is 9.22. The Kier molecular flexibility index (Phi) is 3.30. The predicted octanol–water partition coefficient (Wildman–Crippen LogP) is 1.62. The molecule has 0 saturated carbocycles. The lowest BCUT2D eigenvalue weighted by atomic mass is 9.83. The van der Waals surface area contributed by atoms with Crippen molar-refractivity contribution in [2.75, 3.05) is 19.8 Å². The van der Waals surface area contributed by atoms with Crippen LogP contribution in [0.25, 0.3) is 0 Å². The molecule has 4 atom stereocenters. The molecule has 0 radical (unpaired) electrons. The van der Waals surface area contributed by atoms with Gasteiger partial charge in [-0.05, 0) is 44.9 Å². The van der Waals surface area contributed by atoms with Gasteiger partial charge in [0, 0.05) is 31.9 Å². The molecular formula is C15H25NO3. The largest absolute Gasteiger partial charge is 0.381 e. The first-order valence-electron chi connectivity index (χ1n) is 7.96. The van der Waals surface area contributed by atoms with Gasteiger partial charge in [0.15, 0.2) is 0 Å². The molecule has 4 unspecified atom stereocenters. The van der Waals surface area contributed by atoms with Gasteiger partial charge < -0.3 is 19.5 Å². The summed E-state index contributed by atoms with van der Waals surface area (Å²) in [6.45, 7) is 2.63. The zero-order valence-corrected chi connectivity index (χ0v) is 11.6. The summed E-state index contributed by atoms with van der Waals surface area (Å²) in [7, 11) is 0. The van der Waals surface area contributed by atoms with E-state index in [1.807, 2.05) is 0 Å². The van der Waals surface area contributed by atoms with E-state index < -0.39 is 0 Å². The maximum atomic E-state index is 6.11. The van der Waals surface area contributed by atoms with Gasteiger partial charge in [-0.3, -0.25) is 0 Å². The molecule has 19 heavy (non-hydrogen) atoms. The smallest absolute Gasteiger partial charge is 0.0741 e. The third-order valence-electron chi connectivity index (χ3n) is 5.45. The summed E-state index contributed by atoms with van der Waals surface area (Å²) in [6, 6.07) is 1.21. The lowest BCUT2D eigenvalue weighted by molar-refractivity contribution is -0.141. The van der Waals surface area contributed by atoms with E-state index >= 15 is 0 Å². The average Bonchev–Trinajstić information content (AvgIpc) is 3.02. The minimum atomic E-state index is 0.104. The molecule has 1 N–H and O–H groups in total. The molecule has 0 amide bonds.